The molecule has 3 aromatic carbocycles. The van der Waals surface area contributed by atoms with E-state index in [1.807, 2.05) is 78.9 Å². The molecule has 150 valence electrons. The van der Waals surface area contributed by atoms with Gasteiger partial charge >= 0.3 is 0 Å². The van der Waals surface area contributed by atoms with E-state index in [0.717, 1.165) is 16.5 Å². The minimum atomic E-state index is -0.359. The fourth-order valence-corrected chi connectivity index (χ4v) is 3.83. The molecule has 1 N–H and O–H groups in total. The van der Waals surface area contributed by atoms with Crippen LogP contribution in [-0.4, -0.2) is 21.7 Å². The molecule has 2 amide bonds. The molecule has 31 heavy (non-hydrogen) atoms. The molecule has 1 aliphatic heterocycles. The lowest BCUT2D eigenvalue weighted by Gasteiger charge is -2.15. The van der Waals surface area contributed by atoms with E-state index >= 15 is 0 Å². The standard InChI is InChI=1S/C26H19N3O2/c30-25-23(19-10-2-1-3-11-19)24(26(31)29(25)17-20-13-6-7-16-27-20)28-22-15-8-12-18-9-4-5-14-21(18)22/h1-16,28H,17H2. The second-order valence-electron chi connectivity index (χ2n) is 7.29. The summed E-state index contributed by atoms with van der Waals surface area (Å²) in [5.41, 5.74) is 2.79. The number of benzene rings is 3. The number of carbonyl (C=O) groups is 2. The van der Waals surface area contributed by atoms with E-state index in [9.17, 15) is 9.59 Å². The molecule has 0 saturated heterocycles. The van der Waals surface area contributed by atoms with Crippen LogP contribution in [0.3, 0.4) is 0 Å². The number of nitrogens with one attached hydrogen (secondary N) is 1. The van der Waals surface area contributed by atoms with E-state index in [-0.39, 0.29) is 24.1 Å². The van der Waals surface area contributed by atoms with Crippen LogP contribution in [0.25, 0.3) is 16.3 Å². The van der Waals surface area contributed by atoms with Gasteiger partial charge in [-0.3, -0.25) is 19.5 Å². The summed E-state index contributed by atoms with van der Waals surface area (Å²) in [6.45, 7) is 0.121. The van der Waals surface area contributed by atoms with Gasteiger partial charge in [0, 0.05) is 17.3 Å². The van der Waals surface area contributed by atoms with E-state index in [1.54, 1.807) is 18.3 Å². The number of imide groups is 1. The van der Waals surface area contributed by atoms with Crippen LogP contribution in [0.15, 0.2) is 103 Å². The normalized spacial score (nSPS) is 13.9. The van der Waals surface area contributed by atoms with Gasteiger partial charge in [-0.05, 0) is 29.1 Å². The highest BCUT2D eigenvalue weighted by molar-refractivity contribution is 6.36. The number of carbonyl (C=O) groups excluding carboxylic acids is 2. The first kappa shape index (κ1) is 18.8. The Morgan fingerprint density at radius 2 is 1.48 bits per heavy atom. The zero-order valence-corrected chi connectivity index (χ0v) is 16.7. The van der Waals surface area contributed by atoms with Crippen LogP contribution in [0.5, 0.6) is 0 Å². The molecule has 4 aromatic rings. The number of amides is 2. The zero-order valence-electron chi connectivity index (χ0n) is 16.7. The van der Waals surface area contributed by atoms with Gasteiger partial charge in [0.2, 0.25) is 0 Å². The first-order valence-electron chi connectivity index (χ1n) is 10.0. The summed E-state index contributed by atoms with van der Waals surface area (Å²) in [6.07, 6.45) is 1.65. The van der Waals surface area contributed by atoms with Gasteiger partial charge in [0.05, 0.1) is 17.8 Å². The summed E-state index contributed by atoms with van der Waals surface area (Å²) in [6, 6.07) is 28.5. The van der Waals surface area contributed by atoms with Crippen LogP contribution >= 0.6 is 0 Å². The first-order valence-corrected chi connectivity index (χ1v) is 10.0. The highest BCUT2D eigenvalue weighted by Crippen LogP contribution is 2.33. The van der Waals surface area contributed by atoms with Crippen LogP contribution in [0.1, 0.15) is 11.3 Å². The summed E-state index contributed by atoms with van der Waals surface area (Å²) in [5, 5.41) is 5.31. The van der Waals surface area contributed by atoms with Crippen LogP contribution in [-0.2, 0) is 16.1 Å². The fraction of sp³-hybridized carbons (Fsp3) is 0.0385. The lowest BCUT2D eigenvalue weighted by Crippen LogP contribution is -2.32. The van der Waals surface area contributed by atoms with Crippen molar-refractivity contribution in [2.75, 3.05) is 5.32 Å². The van der Waals surface area contributed by atoms with Crippen LogP contribution in [0, 0.1) is 0 Å². The third-order valence-corrected chi connectivity index (χ3v) is 5.33. The van der Waals surface area contributed by atoms with Gasteiger partial charge < -0.3 is 5.32 Å². The molecule has 0 bridgehead atoms. The Kier molecular flexibility index (Phi) is 4.77. The first-order chi connectivity index (χ1) is 15.2. The third kappa shape index (κ3) is 3.46. The van der Waals surface area contributed by atoms with Crippen molar-refractivity contribution in [3.63, 3.8) is 0 Å². The average Bonchev–Trinajstić information content (AvgIpc) is 3.05. The molecule has 5 heteroatoms. The van der Waals surface area contributed by atoms with Gasteiger partial charge in [-0.15, -0.1) is 0 Å². The average molecular weight is 405 g/mol. The Morgan fingerprint density at radius 3 is 2.29 bits per heavy atom. The maximum absolute atomic E-state index is 13.4. The van der Waals surface area contributed by atoms with Crippen molar-refractivity contribution in [2.45, 2.75) is 6.54 Å². The second-order valence-corrected chi connectivity index (χ2v) is 7.29. The van der Waals surface area contributed by atoms with Crippen LogP contribution in [0.4, 0.5) is 5.69 Å². The van der Waals surface area contributed by atoms with E-state index in [4.69, 9.17) is 0 Å². The maximum Gasteiger partial charge on any atom is 0.278 e. The lowest BCUT2D eigenvalue weighted by molar-refractivity contribution is -0.137. The monoisotopic (exact) mass is 405 g/mol. The fourth-order valence-electron chi connectivity index (χ4n) is 3.83. The smallest absolute Gasteiger partial charge is 0.278 e. The summed E-state index contributed by atoms with van der Waals surface area (Å²) < 4.78 is 0. The van der Waals surface area contributed by atoms with Crippen LogP contribution in [0.2, 0.25) is 0 Å². The molecule has 0 saturated carbocycles. The third-order valence-electron chi connectivity index (χ3n) is 5.33. The van der Waals surface area contributed by atoms with Crippen molar-refractivity contribution in [3.8, 4) is 0 Å². The Labute approximate surface area is 179 Å². The van der Waals surface area contributed by atoms with E-state index in [2.05, 4.69) is 10.3 Å². The van der Waals surface area contributed by atoms with E-state index < -0.39 is 0 Å². The molecule has 0 radical (unpaired) electrons. The van der Waals surface area contributed by atoms with Crippen molar-refractivity contribution >= 4 is 33.8 Å². The molecule has 5 nitrogen and oxygen atoms in total. The highest BCUT2D eigenvalue weighted by Gasteiger charge is 2.39. The van der Waals surface area contributed by atoms with Crippen molar-refractivity contribution in [1.82, 2.24) is 9.88 Å². The molecule has 1 aromatic heterocycles. The van der Waals surface area contributed by atoms with Crippen molar-refractivity contribution in [3.05, 3.63) is 114 Å². The predicted octanol–water partition coefficient (Wildman–Crippen LogP) is 4.63. The largest absolute Gasteiger partial charge is 0.350 e. The Balaban J connectivity index is 1.59. The number of anilines is 1. The van der Waals surface area contributed by atoms with Gasteiger partial charge in [0.25, 0.3) is 11.8 Å². The lowest BCUT2D eigenvalue weighted by atomic mass is 10.0. The van der Waals surface area contributed by atoms with Crippen molar-refractivity contribution < 1.29 is 9.59 Å². The Bertz CT molecular complexity index is 1310. The SMILES string of the molecule is O=C1C(Nc2cccc3ccccc23)=C(c2ccccc2)C(=O)N1Cc1ccccn1. The summed E-state index contributed by atoms with van der Waals surface area (Å²) in [5.74, 6) is -0.688. The number of fused-ring (bicyclic) bond motifs is 1. The number of rotatable bonds is 5. The zero-order chi connectivity index (χ0) is 21.2. The molecular weight excluding hydrogens is 386 g/mol. The minimum absolute atomic E-state index is 0.121. The number of hydrogen-bond donors (Lipinski definition) is 1. The summed E-state index contributed by atoms with van der Waals surface area (Å²) in [7, 11) is 0. The summed E-state index contributed by atoms with van der Waals surface area (Å²) >= 11 is 0. The molecule has 0 aliphatic carbocycles. The second kappa shape index (κ2) is 7.88. The van der Waals surface area contributed by atoms with Gasteiger partial charge in [0.15, 0.2) is 0 Å². The molecule has 0 atom stereocenters. The quantitative estimate of drug-likeness (QED) is 0.492. The van der Waals surface area contributed by atoms with Crippen molar-refractivity contribution in [2.24, 2.45) is 0 Å². The maximum atomic E-state index is 13.4. The molecule has 0 spiro atoms. The van der Waals surface area contributed by atoms with E-state index in [1.165, 1.54) is 4.90 Å². The molecule has 5 rings (SSSR count). The molecular formula is C26H19N3O2. The van der Waals surface area contributed by atoms with Gasteiger partial charge in [-0.2, -0.15) is 0 Å². The van der Waals surface area contributed by atoms with Gasteiger partial charge in [-0.25, -0.2) is 0 Å². The van der Waals surface area contributed by atoms with Gasteiger partial charge in [0.1, 0.15) is 5.70 Å². The number of aromatic nitrogens is 1. The number of nitrogens with zero attached hydrogens (tertiary/aromatic N) is 2. The van der Waals surface area contributed by atoms with Crippen molar-refractivity contribution in [1.29, 1.82) is 0 Å². The van der Waals surface area contributed by atoms with Gasteiger partial charge in [-0.1, -0.05) is 72.8 Å². The number of pyridine rings is 1. The molecule has 1 aliphatic rings. The highest BCUT2D eigenvalue weighted by atomic mass is 16.2. The Hall–Kier alpha value is -4.25. The molecule has 0 unspecified atom stereocenters. The minimum Gasteiger partial charge on any atom is -0.350 e. The molecule has 2 heterocycles. The Morgan fingerprint density at radius 1 is 0.742 bits per heavy atom. The predicted molar refractivity (Wildman–Crippen MR) is 121 cm³/mol. The summed E-state index contributed by atoms with van der Waals surface area (Å²) in [4.78, 5) is 32.3. The van der Waals surface area contributed by atoms with Crippen LogP contribution < -0.4 is 5.32 Å². The number of hydrogen-bond acceptors (Lipinski definition) is 4. The topological polar surface area (TPSA) is 62.3 Å². The van der Waals surface area contributed by atoms with E-state index in [0.29, 0.717) is 16.8 Å². The molecule has 0 fully saturated rings.